The average molecular weight is 196 g/mol. The van der Waals surface area contributed by atoms with Crippen molar-refractivity contribution in [3.05, 3.63) is 27.9 Å². The van der Waals surface area contributed by atoms with Crippen LogP contribution in [0.2, 0.25) is 0 Å². The SMILES string of the molecule is Cc1cc(=O)[nH]c(C(C)(C)C(=O)O)n1. The van der Waals surface area contributed by atoms with Crippen molar-refractivity contribution in [3.63, 3.8) is 0 Å². The Morgan fingerprint density at radius 2 is 2.14 bits per heavy atom. The first-order chi connectivity index (χ1) is 6.34. The summed E-state index contributed by atoms with van der Waals surface area (Å²) in [6.07, 6.45) is 0. The van der Waals surface area contributed by atoms with Gasteiger partial charge in [-0.25, -0.2) is 4.98 Å². The van der Waals surface area contributed by atoms with Gasteiger partial charge in [0.2, 0.25) is 0 Å². The van der Waals surface area contributed by atoms with Crippen LogP contribution >= 0.6 is 0 Å². The Morgan fingerprint density at radius 3 is 2.57 bits per heavy atom. The average Bonchev–Trinajstić information content (AvgIpc) is 2.01. The van der Waals surface area contributed by atoms with Crippen LogP contribution in [0.15, 0.2) is 10.9 Å². The van der Waals surface area contributed by atoms with E-state index >= 15 is 0 Å². The molecular formula is C9H12N2O3. The molecule has 0 amide bonds. The van der Waals surface area contributed by atoms with Crippen molar-refractivity contribution in [2.45, 2.75) is 26.2 Å². The summed E-state index contributed by atoms with van der Waals surface area (Å²) in [4.78, 5) is 28.4. The number of aryl methyl sites for hydroxylation is 1. The first kappa shape index (κ1) is 10.4. The largest absolute Gasteiger partial charge is 0.481 e. The number of aromatic nitrogens is 2. The number of nitrogens with one attached hydrogen (secondary N) is 1. The summed E-state index contributed by atoms with van der Waals surface area (Å²) >= 11 is 0. The molecular weight excluding hydrogens is 184 g/mol. The number of nitrogens with zero attached hydrogens (tertiary/aromatic N) is 1. The van der Waals surface area contributed by atoms with E-state index < -0.39 is 11.4 Å². The first-order valence-corrected chi connectivity index (χ1v) is 4.16. The molecule has 0 unspecified atom stereocenters. The van der Waals surface area contributed by atoms with E-state index in [0.29, 0.717) is 5.69 Å². The summed E-state index contributed by atoms with van der Waals surface area (Å²) in [7, 11) is 0. The lowest BCUT2D eigenvalue weighted by Gasteiger charge is -2.17. The van der Waals surface area contributed by atoms with Crippen molar-refractivity contribution in [2.24, 2.45) is 0 Å². The van der Waals surface area contributed by atoms with Gasteiger partial charge in [-0.2, -0.15) is 0 Å². The molecule has 0 spiro atoms. The van der Waals surface area contributed by atoms with Gasteiger partial charge in [0.1, 0.15) is 11.2 Å². The zero-order valence-corrected chi connectivity index (χ0v) is 8.29. The van der Waals surface area contributed by atoms with Gasteiger partial charge in [0.05, 0.1) is 0 Å². The van der Waals surface area contributed by atoms with Crippen molar-refractivity contribution < 1.29 is 9.90 Å². The zero-order chi connectivity index (χ0) is 10.9. The van der Waals surface area contributed by atoms with Crippen molar-refractivity contribution in [1.29, 1.82) is 0 Å². The Morgan fingerprint density at radius 1 is 1.57 bits per heavy atom. The molecule has 1 aromatic heterocycles. The number of aromatic amines is 1. The Bertz CT molecular complexity index is 420. The molecule has 1 rings (SSSR count). The van der Waals surface area contributed by atoms with Gasteiger partial charge < -0.3 is 10.1 Å². The summed E-state index contributed by atoms with van der Waals surface area (Å²) in [6.45, 7) is 4.64. The molecule has 0 fully saturated rings. The molecule has 0 aliphatic heterocycles. The smallest absolute Gasteiger partial charge is 0.316 e. The number of carbonyl (C=O) groups is 1. The van der Waals surface area contributed by atoms with Crippen molar-refractivity contribution in [1.82, 2.24) is 9.97 Å². The Balaban J connectivity index is 3.32. The van der Waals surface area contributed by atoms with Gasteiger partial charge in [0, 0.05) is 11.8 Å². The summed E-state index contributed by atoms with van der Waals surface area (Å²) in [5, 5.41) is 8.91. The van der Waals surface area contributed by atoms with Crippen LogP contribution < -0.4 is 5.56 Å². The van der Waals surface area contributed by atoms with Crippen LogP contribution in [0.5, 0.6) is 0 Å². The summed E-state index contributed by atoms with van der Waals surface area (Å²) < 4.78 is 0. The fourth-order valence-electron chi connectivity index (χ4n) is 0.976. The number of hydrogen-bond donors (Lipinski definition) is 2. The predicted molar refractivity (Wildman–Crippen MR) is 50.3 cm³/mol. The summed E-state index contributed by atoms with van der Waals surface area (Å²) in [5.74, 6) is -0.846. The van der Waals surface area contributed by atoms with Crippen molar-refractivity contribution in [3.8, 4) is 0 Å². The van der Waals surface area contributed by atoms with Crippen LogP contribution in [0.3, 0.4) is 0 Å². The molecule has 1 heterocycles. The third kappa shape index (κ3) is 1.81. The van der Waals surface area contributed by atoms with E-state index in [-0.39, 0.29) is 11.4 Å². The lowest BCUT2D eigenvalue weighted by atomic mass is 9.93. The molecule has 2 N–H and O–H groups in total. The van der Waals surface area contributed by atoms with Crippen LogP contribution in [0, 0.1) is 6.92 Å². The molecule has 0 saturated heterocycles. The fourth-order valence-corrected chi connectivity index (χ4v) is 0.976. The van der Waals surface area contributed by atoms with Gasteiger partial charge in [-0.1, -0.05) is 0 Å². The standard InChI is InChI=1S/C9H12N2O3/c1-5-4-6(12)11-7(10-5)9(2,3)8(13)14/h4H,1-3H3,(H,13,14)(H,10,11,12). The van der Waals surface area contributed by atoms with E-state index in [2.05, 4.69) is 9.97 Å². The van der Waals surface area contributed by atoms with E-state index in [9.17, 15) is 9.59 Å². The maximum atomic E-state index is 11.1. The number of hydrogen-bond acceptors (Lipinski definition) is 3. The Kier molecular flexibility index (Phi) is 2.42. The highest BCUT2D eigenvalue weighted by atomic mass is 16.4. The molecule has 1 aromatic rings. The fraction of sp³-hybridized carbons (Fsp3) is 0.444. The molecule has 0 aliphatic rings. The Labute approximate surface area is 80.8 Å². The zero-order valence-electron chi connectivity index (χ0n) is 8.29. The van der Waals surface area contributed by atoms with Crippen LogP contribution in [0.4, 0.5) is 0 Å². The molecule has 0 atom stereocenters. The molecule has 0 bridgehead atoms. The number of H-pyrrole nitrogens is 1. The van der Waals surface area contributed by atoms with E-state index in [1.807, 2.05) is 0 Å². The van der Waals surface area contributed by atoms with E-state index in [1.165, 1.54) is 19.9 Å². The highest BCUT2D eigenvalue weighted by molar-refractivity contribution is 5.78. The van der Waals surface area contributed by atoms with Crippen molar-refractivity contribution >= 4 is 5.97 Å². The van der Waals surface area contributed by atoms with Gasteiger partial charge in [-0.15, -0.1) is 0 Å². The third-order valence-corrected chi connectivity index (χ3v) is 2.00. The monoisotopic (exact) mass is 196 g/mol. The first-order valence-electron chi connectivity index (χ1n) is 4.16. The molecule has 5 heteroatoms. The number of carboxylic acid groups (broad SMARTS) is 1. The highest BCUT2D eigenvalue weighted by Crippen LogP contribution is 2.18. The topological polar surface area (TPSA) is 83.0 Å². The minimum atomic E-state index is -1.18. The van der Waals surface area contributed by atoms with Gasteiger partial charge in [0.25, 0.3) is 5.56 Å². The molecule has 0 aromatic carbocycles. The third-order valence-electron chi connectivity index (χ3n) is 2.00. The predicted octanol–water partition coefficient (Wildman–Crippen LogP) is 0.441. The van der Waals surface area contributed by atoms with Crippen LogP contribution in [0.25, 0.3) is 0 Å². The lowest BCUT2D eigenvalue weighted by molar-refractivity contribution is -0.142. The minimum absolute atomic E-state index is 0.176. The van der Waals surface area contributed by atoms with Crippen LogP contribution in [0.1, 0.15) is 25.4 Å². The van der Waals surface area contributed by atoms with Crippen molar-refractivity contribution in [2.75, 3.05) is 0 Å². The van der Waals surface area contributed by atoms with E-state index in [0.717, 1.165) is 0 Å². The van der Waals surface area contributed by atoms with Gasteiger partial charge in [0.15, 0.2) is 0 Å². The van der Waals surface area contributed by atoms with Gasteiger partial charge >= 0.3 is 5.97 Å². The molecule has 5 nitrogen and oxygen atoms in total. The molecule has 14 heavy (non-hydrogen) atoms. The van der Waals surface area contributed by atoms with E-state index in [4.69, 9.17) is 5.11 Å². The van der Waals surface area contributed by atoms with Crippen LogP contribution in [-0.2, 0) is 10.2 Å². The van der Waals surface area contributed by atoms with Gasteiger partial charge in [-0.05, 0) is 20.8 Å². The molecule has 76 valence electrons. The van der Waals surface area contributed by atoms with Crippen LogP contribution in [-0.4, -0.2) is 21.0 Å². The quantitative estimate of drug-likeness (QED) is 0.719. The maximum Gasteiger partial charge on any atom is 0.316 e. The minimum Gasteiger partial charge on any atom is -0.481 e. The second-order valence-corrected chi connectivity index (χ2v) is 3.67. The molecule has 0 saturated carbocycles. The highest BCUT2D eigenvalue weighted by Gasteiger charge is 2.32. The second kappa shape index (κ2) is 3.25. The summed E-state index contributed by atoms with van der Waals surface area (Å²) in [6, 6.07) is 1.32. The number of carboxylic acids is 1. The number of aliphatic carboxylic acids is 1. The normalized spacial score (nSPS) is 11.4. The second-order valence-electron chi connectivity index (χ2n) is 3.67. The van der Waals surface area contributed by atoms with Gasteiger partial charge in [-0.3, -0.25) is 9.59 Å². The van der Waals surface area contributed by atoms with E-state index in [1.54, 1.807) is 6.92 Å². The number of rotatable bonds is 2. The maximum absolute atomic E-state index is 11.1. The molecule has 0 radical (unpaired) electrons. The Hall–Kier alpha value is -1.65. The summed E-state index contributed by atoms with van der Waals surface area (Å²) in [5.41, 5.74) is -0.995. The molecule has 0 aliphatic carbocycles. The lowest BCUT2D eigenvalue weighted by Crippen LogP contribution is -2.33.